The van der Waals surface area contributed by atoms with Crippen molar-refractivity contribution in [2.24, 2.45) is 5.92 Å². The van der Waals surface area contributed by atoms with Crippen LogP contribution in [0.5, 0.6) is 0 Å². The van der Waals surface area contributed by atoms with Crippen molar-refractivity contribution in [1.82, 2.24) is 4.90 Å². The van der Waals surface area contributed by atoms with Crippen molar-refractivity contribution < 1.29 is 9.59 Å². The Morgan fingerprint density at radius 3 is 2.18 bits per heavy atom. The van der Waals surface area contributed by atoms with Crippen LogP contribution in [0.2, 0.25) is 0 Å². The fraction of sp³-hybridized carbons (Fsp3) is 0.529. The standard InChI is InChI=1S/C17H27N3O2/c1-7-20(8-2)17(22)14-11-13(18-16(21)12(3)4)9-10-15(14)19(5)6/h9-12H,7-8H2,1-6H3,(H,18,21). The van der Waals surface area contributed by atoms with Crippen LogP contribution in [0.25, 0.3) is 0 Å². The molecule has 0 aliphatic rings. The van der Waals surface area contributed by atoms with Crippen LogP contribution in [0, 0.1) is 5.92 Å². The number of carbonyl (C=O) groups is 2. The van der Waals surface area contributed by atoms with Gasteiger partial charge in [0.15, 0.2) is 0 Å². The number of rotatable bonds is 6. The molecule has 1 aromatic rings. The quantitative estimate of drug-likeness (QED) is 0.879. The molecule has 0 aliphatic heterocycles. The molecule has 1 rings (SSSR count). The maximum Gasteiger partial charge on any atom is 0.256 e. The van der Waals surface area contributed by atoms with Crippen molar-refractivity contribution >= 4 is 23.2 Å². The summed E-state index contributed by atoms with van der Waals surface area (Å²) in [5.41, 5.74) is 2.11. The molecule has 0 atom stereocenters. The Morgan fingerprint density at radius 1 is 1.14 bits per heavy atom. The van der Waals surface area contributed by atoms with Crippen molar-refractivity contribution in [2.45, 2.75) is 27.7 Å². The molecule has 1 aromatic carbocycles. The summed E-state index contributed by atoms with van der Waals surface area (Å²) >= 11 is 0. The molecule has 5 nitrogen and oxygen atoms in total. The van der Waals surface area contributed by atoms with Gasteiger partial charge in [0.2, 0.25) is 5.91 Å². The first-order valence-corrected chi connectivity index (χ1v) is 7.73. The number of carbonyl (C=O) groups excluding carboxylic acids is 2. The van der Waals surface area contributed by atoms with E-state index in [0.29, 0.717) is 24.3 Å². The molecule has 0 aromatic heterocycles. The van der Waals surface area contributed by atoms with Gasteiger partial charge in [-0.1, -0.05) is 13.8 Å². The summed E-state index contributed by atoms with van der Waals surface area (Å²) in [7, 11) is 3.81. The van der Waals surface area contributed by atoms with Gasteiger partial charge in [0.25, 0.3) is 5.91 Å². The average Bonchev–Trinajstić information content (AvgIpc) is 2.47. The largest absolute Gasteiger partial charge is 0.377 e. The van der Waals surface area contributed by atoms with Crippen LogP contribution in [0.15, 0.2) is 18.2 Å². The van der Waals surface area contributed by atoms with Crippen LogP contribution in [0.3, 0.4) is 0 Å². The number of nitrogens with one attached hydrogen (secondary N) is 1. The lowest BCUT2D eigenvalue weighted by Crippen LogP contribution is -2.32. The summed E-state index contributed by atoms with van der Waals surface area (Å²) < 4.78 is 0. The Morgan fingerprint density at radius 2 is 1.73 bits per heavy atom. The van der Waals surface area contributed by atoms with E-state index in [4.69, 9.17) is 0 Å². The lowest BCUT2D eigenvalue weighted by molar-refractivity contribution is -0.118. The molecule has 0 saturated carbocycles. The third-order valence-electron chi connectivity index (χ3n) is 3.55. The van der Waals surface area contributed by atoms with Gasteiger partial charge < -0.3 is 15.1 Å². The molecule has 22 heavy (non-hydrogen) atoms. The van der Waals surface area contributed by atoms with Gasteiger partial charge in [-0.3, -0.25) is 9.59 Å². The Labute approximate surface area is 133 Å². The first kappa shape index (κ1) is 18.0. The van der Waals surface area contributed by atoms with Gasteiger partial charge in [-0.2, -0.15) is 0 Å². The van der Waals surface area contributed by atoms with E-state index in [9.17, 15) is 9.59 Å². The normalized spacial score (nSPS) is 10.5. The van der Waals surface area contributed by atoms with Crippen molar-refractivity contribution in [1.29, 1.82) is 0 Å². The van der Waals surface area contributed by atoms with Crippen LogP contribution in [-0.4, -0.2) is 43.9 Å². The zero-order valence-corrected chi connectivity index (χ0v) is 14.4. The van der Waals surface area contributed by atoms with Crippen molar-refractivity contribution in [2.75, 3.05) is 37.4 Å². The second-order valence-electron chi connectivity index (χ2n) is 5.75. The maximum atomic E-state index is 12.7. The van der Waals surface area contributed by atoms with E-state index in [0.717, 1.165) is 5.69 Å². The number of anilines is 2. The van der Waals surface area contributed by atoms with E-state index < -0.39 is 0 Å². The van der Waals surface area contributed by atoms with E-state index in [1.54, 1.807) is 11.0 Å². The molecular weight excluding hydrogens is 278 g/mol. The number of amides is 2. The Kier molecular flexibility index (Phi) is 6.40. The number of hydrogen-bond donors (Lipinski definition) is 1. The zero-order chi connectivity index (χ0) is 16.9. The second kappa shape index (κ2) is 7.82. The lowest BCUT2D eigenvalue weighted by atomic mass is 10.1. The molecule has 0 aliphatic carbocycles. The maximum absolute atomic E-state index is 12.7. The van der Waals surface area contributed by atoms with Gasteiger partial charge >= 0.3 is 0 Å². The fourth-order valence-electron chi connectivity index (χ4n) is 2.14. The number of benzene rings is 1. The highest BCUT2D eigenvalue weighted by Crippen LogP contribution is 2.24. The highest BCUT2D eigenvalue weighted by molar-refractivity contribution is 6.02. The highest BCUT2D eigenvalue weighted by Gasteiger charge is 2.19. The molecule has 0 radical (unpaired) electrons. The van der Waals surface area contributed by atoms with Gasteiger partial charge in [-0.05, 0) is 32.0 Å². The molecule has 5 heteroatoms. The molecule has 2 amide bonds. The van der Waals surface area contributed by atoms with E-state index in [1.807, 2.05) is 58.8 Å². The van der Waals surface area contributed by atoms with Gasteiger partial charge in [0.05, 0.1) is 5.56 Å². The first-order chi connectivity index (χ1) is 10.3. The molecule has 0 heterocycles. The summed E-state index contributed by atoms with van der Waals surface area (Å²) in [4.78, 5) is 28.2. The molecule has 1 N–H and O–H groups in total. The van der Waals surface area contributed by atoms with Crippen LogP contribution in [-0.2, 0) is 4.79 Å². The third kappa shape index (κ3) is 4.23. The Bertz CT molecular complexity index is 535. The topological polar surface area (TPSA) is 52.7 Å². The first-order valence-electron chi connectivity index (χ1n) is 7.73. The highest BCUT2D eigenvalue weighted by atomic mass is 16.2. The predicted octanol–water partition coefficient (Wildman–Crippen LogP) is 2.83. The number of hydrogen-bond acceptors (Lipinski definition) is 3. The Hall–Kier alpha value is -2.04. The van der Waals surface area contributed by atoms with Crippen molar-refractivity contribution in [3.63, 3.8) is 0 Å². The zero-order valence-electron chi connectivity index (χ0n) is 14.4. The summed E-state index contributed by atoms with van der Waals surface area (Å²) in [6.45, 7) is 8.91. The van der Waals surface area contributed by atoms with E-state index in [-0.39, 0.29) is 17.7 Å². The van der Waals surface area contributed by atoms with E-state index >= 15 is 0 Å². The van der Waals surface area contributed by atoms with E-state index in [1.165, 1.54) is 0 Å². The average molecular weight is 305 g/mol. The molecule has 0 saturated heterocycles. The van der Waals surface area contributed by atoms with Gasteiger partial charge in [0, 0.05) is 44.5 Å². The monoisotopic (exact) mass is 305 g/mol. The minimum atomic E-state index is -0.101. The minimum absolute atomic E-state index is 0.0191. The van der Waals surface area contributed by atoms with Crippen LogP contribution in [0.4, 0.5) is 11.4 Å². The predicted molar refractivity (Wildman–Crippen MR) is 91.5 cm³/mol. The fourth-order valence-corrected chi connectivity index (χ4v) is 2.14. The molecule has 0 bridgehead atoms. The molecule has 0 unspecified atom stereocenters. The summed E-state index contributed by atoms with van der Waals surface area (Å²) in [6.07, 6.45) is 0. The molecule has 0 fully saturated rings. The van der Waals surface area contributed by atoms with Crippen molar-refractivity contribution in [3.05, 3.63) is 23.8 Å². The van der Waals surface area contributed by atoms with E-state index in [2.05, 4.69) is 5.32 Å². The van der Waals surface area contributed by atoms with Crippen molar-refractivity contribution in [3.8, 4) is 0 Å². The summed E-state index contributed by atoms with van der Waals surface area (Å²) in [5, 5.41) is 2.85. The van der Waals surface area contributed by atoms with Crippen LogP contribution >= 0.6 is 0 Å². The smallest absolute Gasteiger partial charge is 0.256 e. The molecule has 122 valence electrons. The Balaban J connectivity index is 3.21. The third-order valence-corrected chi connectivity index (χ3v) is 3.55. The molecular formula is C17H27N3O2. The lowest BCUT2D eigenvalue weighted by Gasteiger charge is -2.24. The minimum Gasteiger partial charge on any atom is -0.377 e. The van der Waals surface area contributed by atoms with Gasteiger partial charge in [-0.15, -0.1) is 0 Å². The SMILES string of the molecule is CCN(CC)C(=O)c1cc(NC(=O)C(C)C)ccc1N(C)C. The summed E-state index contributed by atoms with van der Waals surface area (Å²) in [5.74, 6) is -0.177. The number of nitrogens with zero attached hydrogens (tertiary/aromatic N) is 2. The van der Waals surface area contributed by atoms with Crippen LogP contribution < -0.4 is 10.2 Å². The summed E-state index contributed by atoms with van der Waals surface area (Å²) in [6, 6.07) is 5.46. The van der Waals surface area contributed by atoms with Crippen LogP contribution in [0.1, 0.15) is 38.1 Å². The second-order valence-corrected chi connectivity index (χ2v) is 5.75. The molecule has 0 spiro atoms. The van der Waals surface area contributed by atoms with Gasteiger partial charge in [-0.25, -0.2) is 0 Å². The van der Waals surface area contributed by atoms with Gasteiger partial charge in [0.1, 0.15) is 0 Å².